The lowest BCUT2D eigenvalue weighted by Gasteiger charge is -2.26. The van der Waals surface area contributed by atoms with E-state index in [1.807, 2.05) is 12.1 Å². The molecule has 0 fully saturated rings. The van der Waals surface area contributed by atoms with E-state index in [2.05, 4.69) is 157 Å². The maximum Gasteiger partial charge on any atom is 0.137 e. The molecule has 1 heterocycles. The standard InChI is InChI=1S/C40H27NO/c1-2-13-32(14-3-1)41(34-24-25-38-37-17-6-7-19-39(37)42-40(38)27-34)33-15-8-12-31(26-33)28-20-22-30(23-21-28)36-18-9-11-29-10-4-5-16-35(29)36/h1-27H. The highest BCUT2D eigenvalue weighted by molar-refractivity contribution is 6.06. The maximum absolute atomic E-state index is 6.26. The van der Waals surface area contributed by atoms with Gasteiger partial charge in [0.15, 0.2) is 0 Å². The molecule has 0 saturated carbocycles. The highest BCUT2D eigenvalue weighted by Gasteiger charge is 2.16. The Hall–Kier alpha value is -5.60. The van der Waals surface area contributed by atoms with Crippen LogP contribution in [0.4, 0.5) is 17.1 Å². The molecule has 8 aromatic rings. The lowest BCUT2D eigenvalue weighted by Crippen LogP contribution is -2.09. The van der Waals surface area contributed by atoms with Crippen molar-refractivity contribution < 1.29 is 4.42 Å². The number of furan rings is 1. The first-order valence-electron chi connectivity index (χ1n) is 14.3. The molecule has 0 amide bonds. The number of nitrogens with zero attached hydrogens (tertiary/aromatic N) is 1. The Morgan fingerprint density at radius 1 is 0.357 bits per heavy atom. The average Bonchev–Trinajstić information content (AvgIpc) is 3.43. The molecule has 0 aliphatic rings. The quantitative estimate of drug-likeness (QED) is 0.217. The van der Waals surface area contributed by atoms with Gasteiger partial charge in [-0.3, -0.25) is 0 Å². The SMILES string of the molecule is c1ccc(N(c2cccc(-c3ccc(-c4cccc5ccccc45)cc3)c2)c2ccc3c(c2)oc2ccccc23)cc1. The molecule has 0 saturated heterocycles. The summed E-state index contributed by atoms with van der Waals surface area (Å²) in [4.78, 5) is 2.29. The van der Waals surface area contributed by atoms with Crippen LogP contribution in [-0.2, 0) is 0 Å². The summed E-state index contributed by atoms with van der Waals surface area (Å²) < 4.78 is 6.26. The molecule has 7 aromatic carbocycles. The Bertz CT molecular complexity index is 2190. The van der Waals surface area contributed by atoms with Crippen LogP contribution in [0.2, 0.25) is 0 Å². The van der Waals surface area contributed by atoms with Crippen molar-refractivity contribution in [2.75, 3.05) is 4.90 Å². The van der Waals surface area contributed by atoms with Crippen LogP contribution in [-0.4, -0.2) is 0 Å². The molecule has 0 atom stereocenters. The van der Waals surface area contributed by atoms with Crippen LogP contribution in [0.25, 0.3) is 55.0 Å². The fourth-order valence-electron chi connectivity index (χ4n) is 6.02. The highest BCUT2D eigenvalue weighted by atomic mass is 16.3. The smallest absolute Gasteiger partial charge is 0.137 e. The van der Waals surface area contributed by atoms with Gasteiger partial charge in [0.1, 0.15) is 11.2 Å². The third-order valence-electron chi connectivity index (χ3n) is 8.06. The lowest BCUT2D eigenvalue weighted by molar-refractivity contribution is 0.669. The minimum absolute atomic E-state index is 0.884. The van der Waals surface area contributed by atoms with Gasteiger partial charge in [-0.05, 0) is 75.5 Å². The van der Waals surface area contributed by atoms with Crippen molar-refractivity contribution in [1.29, 1.82) is 0 Å². The lowest BCUT2D eigenvalue weighted by atomic mass is 9.96. The topological polar surface area (TPSA) is 16.4 Å². The second-order valence-electron chi connectivity index (χ2n) is 10.6. The van der Waals surface area contributed by atoms with Crippen LogP contribution >= 0.6 is 0 Å². The number of hydrogen-bond acceptors (Lipinski definition) is 2. The molecule has 0 N–H and O–H groups in total. The minimum atomic E-state index is 0.884. The van der Waals surface area contributed by atoms with Crippen LogP contribution in [0.1, 0.15) is 0 Å². The van der Waals surface area contributed by atoms with Gasteiger partial charge in [-0.25, -0.2) is 0 Å². The minimum Gasteiger partial charge on any atom is -0.456 e. The molecule has 8 rings (SSSR count). The van der Waals surface area contributed by atoms with Crippen molar-refractivity contribution in [3.8, 4) is 22.3 Å². The second kappa shape index (κ2) is 10.1. The first-order chi connectivity index (χ1) is 20.8. The largest absolute Gasteiger partial charge is 0.456 e. The maximum atomic E-state index is 6.26. The zero-order chi connectivity index (χ0) is 27.9. The molecule has 0 bridgehead atoms. The molecule has 42 heavy (non-hydrogen) atoms. The number of benzene rings is 7. The molecule has 2 heteroatoms. The van der Waals surface area contributed by atoms with Gasteiger partial charge in [-0.2, -0.15) is 0 Å². The summed E-state index contributed by atoms with van der Waals surface area (Å²) in [6.45, 7) is 0. The number of anilines is 3. The summed E-state index contributed by atoms with van der Waals surface area (Å²) >= 11 is 0. The Kier molecular flexibility index (Phi) is 5.82. The average molecular weight is 538 g/mol. The molecule has 1 aromatic heterocycles. The predicted octanol–water partition coefficient (Wildman–Crippen LogP) is 11.5. The van der Waals surface area contributed by atoms with E-state index >= 15 is 0 Å². The van der Waals surface area contributed by atoms with Crippen molar-refractivity contribution in [1.82, 2.24) is 0 Å². The Morgan fingerprint density at radius 3 is 1.88 bits per heavy atom. The monoisotopic (exact) mass is 537 g/mol. The van der Waals surface area contributed by atoms with Gasteiger partial charge in [-0.1, -0.05) is 115 Å². The van der Waals surface area contributed by atoms with Gasteiger partial charge in [0.2, 0.25) is 0 Å². The van der Waals surface area contributed by atoms with Gasteiger partial charge in [0.05, 0.1) is 0 Å². The van der Waals surface area contributed by atoms with E-state index in [4.69, 9.17) is 4.42 Å². The molecular weight excluding hydrogens is 510 g/mol. The van der Waals surface area contributed by atoms with E-state index in [-0.39, 0.29) is 0 Å². The van der Waals surface area contributed by atoms with Gasteiger partial charge in [0.25, 0.3) is 0 Å². The number of hydrogen-bond donors (Lipinski definition) is 0. The van der Waals surface area contributed by atoms with Crippen molar-refractivity contribution in [3.63, 3.8) is 0 Å². The van der Waals surface area contributed by atoms with E-state index in [0.29, 0.717) is 0 Å². The highest BCUT2D eigenvalue weighted by Crippen LogP contribution is 2.39. The Morgan fingerprint density at radius 2 is 1.00 bits per heavy atom. The zero-order valence-corrected chi connectivity index (χ0v) is 22.9. The van der Waals surface area contributed by atoms with Crippen LogP contribution in [0.3, 0.4) is 0 Å². The third kappa shape index (κ3) is 4.22. The van der Waals surface area contributed by atoms with Crippen molar-refractivity contribution in [2.24, 2.45) is 0 Å². The first kappa shape index (κ1) is 24.2. The number of fused-ring (bicyclic) bond motifs is 4. The normalized spacial score (nSPS) is 11.3. The van der Waals surface area contributed by atoms with Crippen molar-refractivity contribution >= 4 is 49.8 Å². The molecule has 0 radical (unpaired) electrons. The molecule has 0 unspecified atom stereocenters. The van der Waals surface area contributed by atoms with E-state index < -0.39 is 0 Å². The second-order valence-corrected chi connectivity index (χ2v) is 10.6. The van der Waals surface area contributed by atoms with Gasteiger partial charge >= 0.3 is 0 Å². The van der Waals surface area contributed by atoms with Crippen LogP contribution in [0.15, 0.2) is 168 Å². The zero-order valence-electron chi connectivity index (χ0n) is 22.9. The van der Waals surface area contributed by atoms with Crippen LogP contribution in [0, 0.1) is 0 Å². The Labute approximate surface area is 244 Å². The third-order valence-corrected chi connectivity index (χ3v) is 8.06. The van der Waals surface area contributed by atoms with Crippen LogP contribution < -0.4 is 4.90 Å². The van der Waals surface area contributed by atoms with Crippen molar-refractivity contribution in [3.05, 3.63) is 164 Å². The summed E-state index contributed by atoms with van der Waals surface area (Å²) in [6.07, 6.45) is 0. The summed E-state index contributed by atoms with van der Waals surface area (Å²) in [7, 11) is 0. The summed E-state index contributed by atoms with van der Waals surface area (Å²) in [5, 5.41) is 4.80. The molecule has 0 spiro atoms. The first-order valence-corrected chi connectivity index (χ1v) is 14.3. The summed E-state index contributed by atoms with van der Waals surface area (Å²) in [5.41, 5.74) is 9.85. The van der Waals surface area contributed by atoms with Crippen LogP contribution in [0.5, 0.6) is 0 Å². The fraction of sp³-hybridized carbons (Fsp3) is 0. The van der Waals surface area contributed by atoms with E-state index in [1.54, 1.807) is 0 Å². The summed E-state index contributed by atoms with van der Waals surface area (Å²) in [6, 6.07) is 58.0. The number of rotatable bonds is 5. The molecular formula is C40H27NO. The van der Waals surface area contributed by atoms with E-state index in [1.165, 1.54) is 33.0 Å². The Balaban J connectivity index is 1.20. The van der Waals surface area contributed by atoms with Gasteiger partial charge < -0.3 is 9.32 Å². The molecule has 0 aliphatic carbocycles. The fourth-order valence-corrected chi connectivity index (χ4v) is 6.02. The summed E-state index contributed by atoms with van der Waals surface area (Å²) in [5.74, 6) is 0. The van der Waals surface area contributed by atoms with Gasteiger partial charge in [-0.15, -0.1) is 0 Å². The molecule has 2 nitrogen and oxygen atoms in total. The predicted molar refractivity (Wildman–Crippen MR) is 177 cm³/mol. The number of para-hydroxylation sites is 2. The van der Waals surface area contributed by atoms with E-state index in [9.17, 15) is 0 Å². The van der Waals surface area contributed by atoms with Crippen molar-refractivity contribution in [2.45, 2.75) is 0 Å². The van der Waals surface area contributed by atoms with E-state index in [0.717, 1.165) is 39.0 Å². The molecule has 198 valence electrons. The molecule has 0 aliphatic heterocycles. The van der Waals surface area contributed by atoms with Gasteiger partial charge in [0, 0.05) is 33.9 Å².